The van der Waals surface area contributed by atoms with Crippen molar-refractivity contribution in [1.29, 1.82) is 0 Å². The molecule has 0 N–H and O–H groups in total. The summed E-state index contributed by atoms with van der Waals surface area (Å²) in [6.07, 6.45) is 3.69. The van der Waals surface area contributed by atoms with Crippen LogP contribution in [0.1, 0.15) is 43.9 Å². The number of rotatable bonds is 8. The second kappa shape index (κ2) is 13.6. The zero-order chi connectivity index (χ0) is 21.8. The standard InChI is InChI=1S/C22H28BrNO.C3H5Cl/c1-6-16(2)21(17-7-11-19(23)12-8-17)15-22(24(3)4)18-9-13-20(25-5)14-10-18;1-2-3-4/h7-14,22H,6,15H2,1-5H3;2H,1,3H2. The largest absolute Gasteiger partial charge is 0.497 e. The van der Waals surface area contributed by atoms with Gasteiger partial charge < -0.3 is 9.64 Å². The Hall–Kier alpha value is -1.55. The summed E-state index contributed by atoms with van der Waals surface area (Å²) >= 11 is 8.60. The molecule has 0 amide bonds. The summed E-state index contributed by atoms with van der Waals surface area (Å²) in [7, 11) is 6.00. The minimum Gasteiger partial charge on any atom is -0.497 e. The third kappa shape index (κ3) is 8.38. The lowest BCUT2D eigenvalue weighted by Gasteiger charge is -2.27. The molecule has 0 saturated carbocycles. The number of hydrogen-bond donors (Lipinski definition) is 0. The van der Waals surface area contributed by atoms with Crippen molar-refractivity contribution in [2.24, 2.45) is 0 Å². The first-order valence-corrected chi connectivity index (χ1v) is 11.1. The molecule has 2 aromatic carbocycles. The minimum atomic E-state index is 0.325. The number of methoxy groups -OCH3 is 1. The number of alkyl halides is 1. The molecular weight excluding hydrogens is 446 g/mol. The van der Waals surface area contributed by atoms with Crippen molar-refractivity contribution in [2.45, 2.75) is 32.7 Å². The number of ether oxygens (including phenoxy) is 1. The first-order valence-electron chi connectivity index (χ1n) is 9.79. The predicted octanol–water partition coefficient (Wildman–Crippen LogP) is 7.75. The summed E-state index contributed by atoms with van der Waals surface area (Å²) in [6, 6.07) is 17.4. The van der Waals surface area contributed by atoms with Crippen LogP contribution < -0.4 is 4.74 Å². The lowest BCUT2D eigenvalue weighted by Crippen LogP contribution is -2.20. The van der Waals surface area contributed by atoms with E-state index in [-0.39, 0.29) is 0 Å². The van der Waals surface area contributed by atoms with Gasteiger partial charge in [0.1, 0.15) is 5.75 Å². The molecule has 0 radical (unpaired) electrons. The van der Waals surface area contributed by atoms with Crippen LogP contribution in [-0.4, -0.2) is 32.0 Å². The van der Waals surface area contributed by atoms with Gasteiger partial charge in [0.25, 0.3) is 0 Å². The fraction of sp³-hybridized carbons (Fsp3) is 0.360. The van der Waals surface area contributed by atoms with Gasteiger partial charge in [-0.3, -0.25) is 0 Å². The van der Waals surface area contributed by atoms with Crippen molar-refractivity contribution in [3.8, 4) is 5.75 Å². The monoisotopic (exact) mass is 477 g/mol. The van der Waals surface area contributed by atoms with E-state index in [1.807, 2.05) is 12.1 Å². The van der Waals surface area contributed by atoms with E-state index in [0.29, 0.717) is 11.9 Å². The van der Waals surface area contributed by atoms with Gasteiger partial charge in [-0.15, -0.1) is 18.2 Å². The Morgan fingerprint density at radius 1 is 1.14 bits per heavy atom. The predicted molar refractivity (Wildman–Crippen MR) is 132 cm³/mol. The molecule has 4 heteroatoms. The van der Waals surface area contributed by atoms with Gasteiger partial charge in [0, 0.05) is 16.4 Å². The van der Waals surface area contributed by atoms with Crippen LogP contribution in [0.3, 0.4) is 0 Å². The average Bonchev–Trinajstić information content (AvgIpc) is 2.75. The first kappa shape index (κ1) is 25.5. The number of allylic oxidation sites excluding steroid dienone is 2. The van der Waals surface area contributed by atoms with E-state index in [0.717, 1.165) is 23.1 Å². The lowest BCUT2D eigenvalue weighted by atomic mass is 9.90. The maximum absolute atomic E-state index is 5.30. The zero-order valence-corrected chi connectivity index (χ0v) is 20.6. The van der Waals surface area contributed by atoms with Crippen LogP contribution in [-0.2, 0) is 0 Å². The van der Waals surface area contributed by atoms with Gasteiger partial charge in [0.15, 0.2) is 0 Å². The SMILES string of the molecule is C=CCCl.CCC(C)=C(CC(c1ccc(OC)cc1)N(C)C)c1ccc(Br)cc1. The van der Waals surface area contributed by atoms with Crippen LogP contribution in [0.2, 0.25) is 0 Å². The highest BCUT2D eigenvalue weighted by Gasteiger charge is 2.18. The third-order valence-corrected chi connectivity index (χ3v) is 5.62. The topological polar surface area (TPSA) is 12.5 Å². The molecule has 0 aliphatic heterocycles. The van der Waals surface area contributed by atoms with Crippen molar-refractivity contribution in [1.82, 2.24) is 4.90 Å². The second-order valence-corrected chi connectivity index (χ2v) is 8.24. The lowest BCUT2D eigenvalue weighted by molar-refractivity contribution is 0.303. The maximum Gasteiger partial charge on any atom is 0.118 e. The van der Waals surface area contributed by atoms with Crippen LogP contribution in [0.25, 0.3) is 5.57 Å². The number of benzene rings is 2. The molecule has 0 aromatic heterocycles. The number of hydrogen-bond acceptors (Lipinski definition) is 2. The molecule has 0 heterocycles. The molecule has 0 saturated heterocycles. The Balaban J connectivity index is 0.000000960. The van der Waals surface area contributed by atoms with E-state index >= 15 is 0 Å². The van der Waals surface area contributed by atoms with Gasteiger partial charge >= 0.3 is 0 Å². The van der Waals surface area contributed by atoms with Gasteiger partial charge in [-0.1, -0.05) is 58.8 Å². The quantitative estimate of drug-likeness (QED) is 0.284. The molecule has 1 atom stereocenters. The van der Waals surface area contributed by atoms with E-state index in [1.54, 1.807) is 13.2 Å². The second-order valence-electron chi connectivity index (χ2n) is 7.02. The molecule has 2 nitrogen and oxygen atoms in total. The number of nitrogens with zero attached hydrogens (tertiary/aromatic N) is 1. The van der Waals surface area contributed by atoms with Crippen LogP contribution in [0, 0.1) is 0 Å². The Labute approximate surface area is 190 Å². The van der Waals surface area contributed by atoms with Gasteiger partial charge in [-0.05, 0) is 74.8 Å². The maximum atomic E-state index is 5.30. The molecule has 158 valence electrons. The van der Waals surface area contributed by atoms with Crippen LogP contribution in [0.5, 0.6) is 5.75 Å². The number of halogens is 2. The Bertz CT molecular complexity index is 766. The summed E-state index contributed by atoms with van der Waals surface area (Å²) in [5.41, 5.74) is 5.50. The highest BCUT2D eigenvalue weighted by molar-refractivity contribution is 9.10. The van der Waals surface area contributed by atoms with E-state index in [2.05, 4.69) is 91.7 Å². The molecule has 0 aliphatic rings. The summed E-state index contributed by atoms with van der Waals surface area (Å²) in [4.78, 5) is 2.30. The first-order chi connectivity index (χ1) is 13.9. The third-order valence-electron chi connectivity index (χ3n) is 4.87. The minimum absolute atomic E-state index is 0.325. The average molecular weight is 479 g/mol. The van der Waals surface area contributed by atoms with E-state index in [4.69, 9.17) is 16.3 Å². The van der Waals surface area contributed by atoms with Crippen LogP contribution in [0.4, 0.5) is 0 Å². The molecule has 2 aromatic rings. The smallest absolute Gasteiger partial charge is 0.118 e. The Morgan fingerprint density at radius 3 is 2.10 bits per heavy atom. The molecule has 0 fully saturated rings. The van der Waals surface area contributed by atoms with E-state index in [9.17, 15) is 0 Å². The molecular formula is C25H33BrClNO. The van der Waals surface area contributed by atoms with Crippen LogP contribution >= 0.6 is 27.5 Å². The fourth-order valence-electron chi connectivity index (χ4n) is 3.02. The molecule has 29 heavy (non-hydrogen) atoms. The highest BCUT2D eigenvalue weighted by atomic mass is 79.9. The zero-order valence-electron chi connectivity index (χ0n) is 18.2. The van der Waals surface area contributed by atoms with E-state index in [1.165, 1.54) is 22.3 Å². The summed E-state index contributed by atoms with van der Waals surface area (Å²) in [6.45, 7) is 7.82. The summed E-state index contributed by atoms with van der Waals surface area (Å²) < 4.78 is 6.41. The van der Waals surface area contributed by atoms with Crippen molar-refractivity contribution >= 4 is 33.1 Å². The van der Waals surface area contributed by atoms with Gasteiger partial charge in [0.05, 0.1) is 7.11 Å². The Kier molecular flexibility index (Phi) is 12.0. The van der Waals surface area contributed by atoms with Crippen molar-refractivity contribution < 1.29 is 4.74 Å². The molecule has 1 unspecified atom stereocenters. The fourth-order valence-corrected chi connectivity index (χ4v) is 3.29. The van der Waals surface area contributed by atoms with Crippen LogP contribution in [0.15, 0.2) is 71.2 Å². The normalized spacial score (nSPS) is 12.6. The molecule has 0 bridgehead atoms. The van der Waals surface area contributed by atoms with Crippen molar-refractivity contribution in [2.75, 3.05) is 27.1 Å². The van der Waals surface area contributed by atoms with Gasteiger partial charge in [-0.25, -0.2) is 0 Å². The van der Waals surface area contributed by atoms with Crippen molar-refractivity contribution in [3.63, 3.8) is 0 Å². The van der Waals surface area contributed by atoms with Crippen molar-refractivity contribution in [3.05, 3.63) is 82.4 Å². The molecule has 2 rings (SSSR count). The van der Waals surface area contributed by atoms with E-state index < -0.39 is 0 Å². The molecule has 0 spiro atoms. The van der Waals surface area contributed by atoms with Gasteiger partial charge in [0.2, 0.25) is 0 Å². The molecule has 0 aliphatic carbocycles. The highest BCUT2D eigenvalue weighted by Crippen LogP contribution is 2.34. The van der Waals surface area contributed by atoms with Gasteiger partial charge in [-0.2, -0.15) is 0 Å². The summed E-state index contributed by atoms with van der Waals surface area (Å²) in [5.74, 6) is 1.45. The summed E-state index contributed by atoms with van der Waals surface area (Å²) in [5, 5.41) is 0. The Morgan fingerprint density at radius 2 is 1.69 bits per heavy atom.